The first-order chi connectivity index (χ1) is 34.6. The molecule has 4 atom stereocenters. The summed E-state index contributed by atoms with van der Waals surface area (Å²) >= 11 is 3.03. The minimum atomic E-state index is -0.954. The van der Waals surface area contributed by atoms with Crippen LogP contribution in [0.1, 0.15) is 57.0 Å². The molecule has 9 rings (SSSR count). The fourth-order valence-corrected chi connectivity index (χ4v) is 10.8. The fraction of sp³-hybridized carbons (Fsp3) is 0.268. The number of rotatable bonds is 16. The minimum absolute atomic E-state index is 0.0165. The zero-order chi connectivity index (χ0) is 50.7. The molecular weight excluding hydrogens is 952 g/mol. The van der Waals surface area contributed by atoms with Crippen LogP contribution in [0, 0.1) is 18.2 Å². The van der Waals surface area contributed by atoms with Crippen molar-refractivity contribution < 1.29 is 38.5 Å². The molecule has 1 aliphatic rings. The number of nitrogens with zero attached hydrogens (tertiary/aromatic N) is 4. The number of likely N-dealkylation sites (tertiary alicyclic amines) is 1. The molecule has 1 saturated heterocycles. The number of carbonyl (C=O) groups is 3. The highest BCUT2D eigenvalue weighted by atomic mass is 32.1. The number of β-amino-alcohol motifs (C(OH)–C–C–N with tert-alkyl or cyclic N) is 1. The summed E-state index contributed by atoms with van der Waals surface area (Å²) in [6.45, 7) is 10.3. The summed E-state index contributed by atoms with van der Waals surface area (Å²) in [5.74, 6) is 0.554. The molecule has 0 bridgehead atoms. The summed E-state index contributed by atoms with van der Waals surface area (Å²) in [6, 6.07) is 33.8. The van der Waals surface area contributed by atoms with Gasteiger partial charge in [0.05, 0.1) is 51.8 Å². The average Bonchev–Trinajstić information content (AvgIpc) is 4.18. The molecule has 1 fully saturated rings. The number of aryl methyl sites for hydroxylation is 1. The molecule has 8 aromatic rings. The number of halogens is 1. The smallest absolute Gasteiger partial charge is 0.246 e. The topological polar surface area (TPSA) is 168 Å². The van der Waals surface area contributed by atoms with Crippen LogP contribution >= 0.6 is 22.7 Å². The van der Waals surface area contributed by atoms with E-state index in [0.717, 1.165) is 59.0 Å². The number of carbonyl (C=O) groups excluding carboxylic acids is 3. The van der Waals surface area contributed by atoms with Crippen molar-refractivity contribution in [3.05, 3.63) is 156 Å². The average molecular weight is 1010 g/mol. The van der Waals surface area contributed by atoms with Gasteiger partial charge in [-0.2, -0.15) is 5.10 Å². The molecule has 13 nitrogen and oxygen atoms in total. The maximum Gasteiger partial charge on any atom is 0.246 e. The van der Waals surface area contributed by atoms with Gasteiger partial charge in [-0.15, -0.1) is 22.7 Å². The molecule has 370 valence electrons. The lowest BCUT2D eigenvalue weighted by molar-refractivity contribution is -0.144. The number of aromatic nitrogens is 3. The lowest BCUT2D eigenvalue weighted by atomic mass is 9.85. The number of aliphatic hydroxyl groups excluding tert-OH is 1. The first kappa shape index (κ1) is 49.6. The van der Waals surface area contributed by atoms with E-state index in [1.807, 2.05) is 131 Å². The molecule has 3 aromatic heterocycles. The number of hydrogen-bond acceptors (Lipinski definition) is 11. The molecule has 0 spiro atoms. The predicted octanol–water partition coefficient (Wildman–Crippen LogP) is 10.5. The summed E-state index contributed by atoms with van der Waals surface area (Å²) in [5, 5.41) is 32.4. The van der Waals surface area contributed by atoms with E-state index in [1.54, 1.807) is 40.3 Å². The van der Waals surface area contributed by atoms with Gasteiger partial charge in [-0.1, -0.05) is 81.4 Å². The van der Waals surface area contributed by atoms with E-state index in [9.17, 15) is 29.0 Å². The summed E-state index contributed by atoms with van der Waals surface area (Å²) < 4.78 is 28.8. The summed E-state index contributed by atoms with van der Waals surface area (Å²) in [7, 11) is 0. The third-order valence-electron chi connectivity index (χ3n) is 12.7. The Morgan fingerprint density at radius 2 is 1.54 bits per heavy atom. The van der Waals surface area contributed by atoms with Gasteiger partial charge in [0.25, 0.3) is 0 Å². The minimum Gasteiger partial charge on any atom is -0.508 e. The van der Waals surface area contributed by atoms with Crippen LogP contribution in [0.5, 0.6) is 23.0 Å². The van der Waals surface area contributed by atoms with E-state index in [-0.39, 0.29) is 48.8 Å². The van der Waals surface area contributed by atoms with Gasteiger partial charge < -0.3 is 35.2 Å². The number of thiophene rings is 1. The molecule has 72 heavy (non-hydrogen) atoms. The Kier molecular flexibility index (Phi) is 14.6. The molecule has 4 heterocycles. The third-order valence-corrected chi connectivity index (χ3v) is 14.8. The van der Waals surface area contributed by atoms with Crippen LogP contribution in [-0.2, 0) is 27.3 Å². The van der Waals surface area contributed by atoms with Crippen LogP contribution in [0.4, 0.5) is 4.39 Å². The SMILES string of the molecule is Cc1ncsc1-c1ccc([C@H](C)NC(=O)[C@@H]2C[C@@H](O)CN2C(=O)[C@@H](NC(=O)Cc2ccc(-c3ccn(CCOc4ccc(Oc5c(-c6ccc(F)cc6)sc6cc(O)ccc56)cc4)n3)cc2)C(C)(C)C)cc1. The molecule has 0 aliphatic carbocycles. The number of phenols is 1. The fourth-order valence-electron chi connectivity index (χ4n) is 8.78. The van der Waals surface area contributed by atoms with Crippen molar-refractivity contribution in [1.82, 2.24) is 30.3 Å². The van der Waals surface area contributed by atoms with Crippen LogP contribution < -0.4 is 20.1 Å². The molecule has 3 amide bonds. The van der Waals surface area contributed by atoms with Crippen molar-refractivity contribution in [1.29, 1.82) is 0 Å². The van der Waals surface area contributed by atoms with Crippen molar-refractivity contribution in [2.45, 2.75) is 78.2 Å². The summed E-state index contributed by atoms with van der Waals surface area (Å²) in [4.78, 5) is 49.2. The lowest BCUT2D eigenvalue weighted by Gasteiger charge is -2.35. The number of aliphatic hydroxyl groups is 1. The van der Waals surface area contributed by atoms with E-state index in [0.29, 0.717) is 30.4 Å². The highest BCUT2D eigenvalue weighted by Gasteiger charge is 2.44. The van der Waals surface area contributed by atoms with Crippen molar-refractivity contribution in [3.63, 3.8) is 0 Å². The van der Waals surface area contributed by atoms with Crippen LogP contribution in [-0.4, -0.2) is 78.9 Å². The number of nitrogens with one attached hydrogen (secondary N) is 2. The number of benzene rings is 5. The Morgan fingerprint density at radius 3 is 2.24 bits per heavy atom. The van der Waals surface area contributed by atoms with Crippen LogP contribution in [0.15, 0.2) is 133 Å². The van der Waals surface area contributed by atoms with Crippen molar-refractivity contribution >= 4 is 50.5 Å². The Balaban J connectivity index is 0.763. The van der Waals surface area contributed by atoms with Gasteiger partial charge in [0.1, 0.15) is 41.8 Å². The van der Waals surface area contributed by atoms with Crippen molar-refractivity contribution in [2.24, 2.45) is 5.41 Å². The second-order valence-corrected chi connectivity index (χ2v) is 21.0. The molecule has 0 saturated carbocycles. The summed E-state index contributed by atoms with van der Waals surface area (Å²) in [5.41, 5.74) is 7.19. The zero-order valence-corrected chi connectivity index (χ0v) is 42.1. The first-order valence-corrected chi connectivity index (χ1v) is 25.4. The molecular formula is C56H55FN6O7S2. The Morgan fingerprint density at radius 1 is 0.861 bits per heavy atom. The Hall–Kier alpha value is -7.40. The zero-order valence-electron chi connectivity index (χ0n) is 40.5. The largest absolute Gasteiger partial charge is 0.508 e. The van der Waals surface area contributed by atoms with E-state index in [4.69, 9.17) is 14.6 Å². The maximum absolute atomic E-state index is 14.3. The number of fused-ring (bicyclic) bond motifs is 1. The standard InChI is InChI=1S/C56H55FN6O7S2/c1-33(36-10-12-38(13-11-36)51-34(2)58-32-71-51)59-54(67)47-29-42(65)31-63(47)55(68)53(56(3,4)5)60-49(66)28-35-6-8-37(9-7-35)46-24-25-62(61-46)26-27-69-43-19-21-44(22-20-43)70-50-45-23-18-41(64)30-48(45)72-52(50)39-14-16-40(57)17-15-39/h6-25,30,32-33,42,47,53,64-65H,26-29,31H2,1-5H3,(H,59,67)(H,60,66)/t33-,42+,47-,53+/m0/s1. The molecule has 0 radical (unpaired) electrons. The van der Waals surface area contributed by atoms with Gasteiger partial charge in [0.15, 0.2) is 5.75 Å². The van der Waals surface area contributed by atoms with Crippen LogP contribution in [0.2, 0.25) is 0 Å². The number of aromatic hydroxyl groups is 1. The van der Waals surface area contributed by atoms with Gasteiger partial charge in [0, 0.05) is 34.8 Å². The number of phenolic OH excluding ortho intramolecular Hbond substituents is 1. The van der Waals surface area contributed by atoms with E-state index < -0.39 is 29.5 Å². The van der Waals surface area contributed by atoms with Crippen molar-refractivity contribution in [2.75, 3.05) is 13.2 Å². The van der Waals surface area contributed by atoms with E-state index in [2.05, 4.69) is 15.6 Å². The van der Waals surface area contributed by atoms with Gasteiger partial charge in [-0.25, -0.2) is 9.37 Å². The Labute approximate surface area is 424 Å². The number of hydrogen-bond donors (Lipinski definition) is 4. The highest BCUT2D eigenvalue weighted by Crippen LogP contribution is 2.47. The molecule has 0 unspecified atom stereocenters. The second-order valence-electron chi connectivity index (χ2n) is 19.1. The maximum atomic E-state index is 14.3. The van der Waals surface area contributed by atoms with E-state index >= 15 is 0 Å². The highest BCUT2D eigenvalue weighted by molar-refractivity contribution is 7.22. The predicted molar refractivity (Wildman–Crippen MR) is 279 cm³/mol. The van der Waals surface area contributed by atoms with Gasteiger partial charge in [-0.3, -0.25) is 19.1 Å². The molecule has 5 aromatic carbocycles. The molecule has 1 aliphatic heterocycles. The molecule has 16 heteroatoms. The molecule has 4 N–H and O–H groups in total. The second kappa shape index (κ2) is 21.1. The number of thiazole rings is 1. The van der Waals surface area contributed by atoms with Gasteiger partial charge in [0.2, 0.25) is 17.7 Å². The number of amides is 3. The Bertz CT molecular complexity index is 3200. The van der Waals surface area contributed by atoms with Crippen molar-refractivity contribution in [3.8, 4) is 55.1 Å². The third kappa shape index (κ3) is 11.4. The lowest BCUT2D eigenvalue weighted by Crippen LogP contribution is -2.58. The summed E-state index contributed by atoms with van der Waals surface area (Å²) in [6.07, 6.45) is 1.11. The number of ether oxygens (including phenoxy) is 2. The normalized spacial score (nSPS) is 15.6. The van der Waals surface area contributed by atoms with Crippen LogP contribution in [0.3, 0.4) is 0 Å². The van der Waals surface area contributed by atoms with E-state index in [1.165, 1.54) is 28.4 Å². The van der Waals surface area contributed by atoms with Crippen LogP contribution in [0.25, 0.3) is 42.2 Å². The quantitative estimate of drug-likeness (QED) is 0.0736. The van der Waals surface area contributed by atoms with Gasteiger partial charge in [-0.05, 0) is 102 Å². The van der Waals surface area contributed by atoms with Gasteiger partial charge >= 0.3 is 0 Å². The monoisotopic (exact) mass is 1010 g/mol. The first-order valence-electron chi connectivity index (χ1n) is 23.7.